The highest BCUT2D eigenvalue weighted by molar-refractivity contribution is 5.69. The second-order valence-corrected chi connectivity index (χ2v) is 9.59. The van der Waals surface area contributed by atoms with Gasteiger partial charge in [-0.05, 0) is 16.7 Å². The van der Waals surface area contributed by atoms with Crippen molar-refractivity contribution in [3.63, 3.8) is 0 Å². The van der Waals surface area contributed by atoms with E-state index in [1.54, 1.807) is 10.9 Å². The average Bonchev–Trinajstić information content (AvgIpc) is 3.57. The minimum atomic E-state index is -0.839. The van der Waals surface area contributed by atoms with Crippen molar-refractivity contribution in [2.24, 2.45) is 0 Å². The summed E-state index contributed by atoms with van der Waals surface area (Å²) in [6.07, 6.45) is -0.125. The first-order chi connectivity index (χ1) is 19.7. The van der Waals surface area contributed by atoms with Gasteiger partial charge in [0.2, 0.25) is 0 Å². The number of hydrogen-bond acceptors (Lipinski definition) is 7. The van der Waals surface area contributed by atoms with E-state index in [0.717, 1.165) is 16.7 Å². The van der Waals surface area contributed by atoms with Crippen molar-refractivity contribution >= 4 is 11.2 Å². The largest absolute Gasteiger partial charge is 0.374 e. The molecule has 1 fully saturated rings. The molecule has 1 aliphatic heterocycles. The van der Waals surface area contributed by atoms with Gasteiger partial charge in [-0.25, -0.2) is 9.97 Å². The van der Waals surface area contributed by atoms with Crippen LogP contribution in [0, 0.1) is 6.08 Å². The number of ether oxygens (including phenoxy) is 4. The van der Waals surface area contributed by atoms with Gasteiger partial charge in [0.1, 0.15) is 23.8 Å². The molecule has 0 bridgehead atoms. The van der Waals surface area contributed by atoms with Gasteiger partial charge in [0, 0.05) is 0 Å². The van der Waals surface area contributed by atoms with Gasteiger partial charge >= 0.3 is 6.08 Å². The Kier molecular flexibility index (Phi) is 8.15. The van der Waals surface area contributed by atoms with Crippen LogP contribution in [0.3, 0.4) is 0 Å². The lowest BCUT2D eigenvalue weighted by Crippen LogP contribution is -2.38. The van der Waals surface area contributed by atoms with E-state index in [-0.39, 0.29) is 6.61 Å². The zero-order valence-corrected chi connectivity index (χ0v) is 21.8. The summed E-state index contributed by atoms with van der Waals surface area (Å²) in [6, 6.07) is 29.8. The molecule has 2 aromatic heterocycles. The van der Waals surface area contributed by atoms with Gasteiger partial charge in [-0.15, -0.1) is 0 Å². The summed E-state index contributed by atoms with van der Waals surface area (Å²) >= 11 is 0. The smallest absolute Gasteiger partial charge is 0.310 e. The molecule has 3 aromatic carbocycles. The van der Waals surface area contributed by atoms with Crippen LogP contribution in [-0.2, 0) is 38.8 Å². The first kappa shape index (κ1) is 26.2. The van der Waals surface area contributed by atoms with Crippen LogP contribution < -0.4 is 0 Å². The highest BCUT2D eigenvalue weighted by Crippen LogP contribution is 2.36. The van der Waals surface area contributed by atoms with E-state index < -0.39 is 30.6 Å². The number of nitrogens with zero attached hydrogens (tertiary/aromatic N) is 4. The normalized spacial score (nSPS) is 20.7. The van der Waals surface area contributed by atoms with Crippen LogP contribution in [0.5, 0.6) is 0 Å². The molecule has 8 nitrogen and oxygen atoms in total. The Balaban J connectivity index is 1.29. The SMILES string of the molecule is Fc1ncc2ncn(C3O[C@@H](COCc4ccccc4)[C@H](OCc4ccccc4)[C@@H]3OCc3ccccc3)c2n1. The molecule has 5 aromatic rings. The number of aromatic nitrogens is 4. The summed E-state index contributed by atoms with van der Waals surface area (Å²) in [7, 11) is 0. The predicted octanol–water partition coefficient (Wildman–Crippen LogP) is 5.25. The lowest BCUT2D eigenvalue weighted by molar-refractivity contribution is -0.0913. The maximum absolute atomic E-state index is 14.1. The number of benzene rings is 3. The number of hydrogen-bond donors (Lipinski definition) is 0. The van der Waals surface area contributed by atoms with Crippen LogP contribution in [0.1, 0.15) is 22.9 Å². The van der Waals surface area contributed by atoms with Crippen LogP contribution in [0.4, 0.5) is 4.39 Å². The third kappa shape index (κ3) is 6.08. The van der Waals surface area contributed by atoms with Crippen LogP contribution in [0.25, 0.3) is 11.2 Å². The monoisotopic (exact) mass is 540 g/mol. The quantitative estimate of drug-likeness (QED) is 0.212. The molecule has 0 amide bonds. The Morgan fingerprint density at radius 3 is 1.93 bits per heavy atom. The van der Waals surface area contributed by atoms with E-state index in [2.05, 4.69) is 15.0 Å². The molecule has 0 N–H and O–H groups in total. The molecule has 1 saturated heterocycles. The number of rotatable bonds is 11. The molecule has 0 saturated carbocycles. The van der Waals surface area contributed by atoms with Crippen molar-refractivity contribution in [1.82, 2.24) is 19.5 Å². The Morgan fingerprint density at radius 2 is 1.30 bits per heavy atom. The molecule has 0 radical (unpaired) electrons. The van der Waals surface area contributed by atoms with Gasteiger partial charge < -0.3 is 18.9 Å². The van der Waals surface area contributed by atoms with E-state index >= 15 is 0 Å². The van der Waals surface area contributed by atoms with Crippen molar-refractivity contribution in [1.29, 1.82) is 0 Å². The molecule has 3 heterocycles. The highest BCUT2D eigenvalue weighted by atomic mass is 19.1. The van der Waals surface area contributed by atoms with Crippen LogP contribution in [0.2, 0.25) is 0 Å². The number of fused-ring (bicyclic) bond motifs is 1. The molecular weight excluding hydrogens is 511 g/mol. The zero-order chi connectivity index (χ0) is 27.1. The summed E-state index contributed by atoms with van der Waals surface area (Å²) in [4.78, 5) is 12.0. The Labute approximate surface area is 231 Å². The van der Waals surface area contributed by atoms with Gasteiger partial charge in [-0.2, -0.15) is 9.37 Å². The standard InChI is InChI=1S/C31H29FN4O4/c32-31-33-16-25-29(35-31)36(21-34-25)30-28(39-19-24-14-8-3-9-15-24)27(38-18-23-12-6-2-7-13-23)26(40-30)20-37-17-22-10-4-1-5-11-22/h1-16,21,26-28,30H,17-20H2/t26-,27-,28-,30?/m0/s1. The Morgan fingerprint density at radius 1 is 0.725 bits per heavy atom. The highest BCUT2D eigenvalue weighted by Gasteiger charge is 2.48. The van der Waals surface area contributed by atoms with Crippen LogP contribution in [0.15, 0.2) is 104 Å². The Bertz CT molecular complexity index is 1500. The summed E-state index contributed by atoms with van der Waals surface area (Å²) in [5.74, 6) is 0. The van der Waals surface area contributed by atoms with Crippen molar-refractivity contribution in [2.45, 2.75) is 44.4 Å². The van der Waals surface area contributed by atoms with Crippen molar-refractivity contribution < 1.29 is 23.3 Å². The molecular formula is C31H29FN4O4. The van der Waals surface area contributed by atoms with E-state index in [4.69, 9.17) is 18.9 Å². The van der Waals surface area contributed by atoms with Gasteiger partial charge in [0.05, 0.1) is 39.0 Å². The summed E-state index contributed by atoms with van der Waals surface area (Å²) in [5.41, 5.74) is 3.87. The molecule has 0 spiro atoms. The van der Waals surface area contributed by atoms with Gasteiger partial charge in [0.25, 0.3) is 0 Å². The third-order valence-electron chi connectivity index (χ3n) is 6.81. The molecule has 40 heavy (non-hydrogen) atoms. The predicted molar refractivity (Wildman–Crippen MR) is 145 cm³/mol. The first-order valence-corrected chi connectivity index (χ1v) is 13.2. The fourth-order valence-corrected chi connectivity index (χ4v) is 4.84. The van der Waals surface area contributed by atoms with E-state index in [9.17, 15) is 4.39 Å². The number of halogens is 1. The molecule has 9 heteroatoms. The molecule has 4 atom stereocenters. The minimum Gasteiger partial charge on any atom is -0.374 e. The van der Waals surface area contributed by atoms with Gasteiger partial charge in [-0.1, -0.05) is 91.0 Å². The second-order valence-electron chi connectivity index (χ2n) is 9.59. The van der Waals surface area contributed by atoms with Gasteiger partial charge in [-0.3, -0.25) is 4.57 Å². The summed E-state index contributed by atoms with van der Waals surface area (Å²) in [6.45, 7) is 1.40. The number of imidazole rings is 1. The minimum absolute atomic E-state index is 0.270. The first-order valence-electron chi connectivity index (χ1n) is 13.2. The fraction of sp³-hybridized carbons (Fsp3) is 0.258. The van der Waals surface area contributed by atoms with E-state index in [0.29, 0.717) is 31.0 Å². The molecule has 0 aliphatic carbocycles. The van der Waals surface area contributed by atoms with Crippen molar-refractivity contribution in [3.05, 3.63) is 126 Å². The lowest BCUT2D eigenvalue weighted by Gasteiger charge is -2.25. The topological polar surface area (TPSA) is 80.5 Å². The third-order valence-corrected chi connectivity index (χ3v) is 6.81. The average molecular weight is 541 g/mol. The lowest BCUT2D eigenvalue weighted by atomic mass is 10.1. The fourth-order valence-electron chi connectivity index (χ4n) is 4.84. The van der Waals surface area contributed by atoms with E-state index in [1.807, 2.05) is 91.0 Å². The van der Waals surface area contributed by atoms with Crippen LogP contribution in [-0.4, -0.2) is 44.4 Å². The van der Waals surface area contributed by atoms with Crippen LogP contribution >= 0.6 is 0 Å². The van der Waals surface area contributed by atoms with E-state index in [1.165, 1.54) is 6.20 Å². The maximum Gasteiger partial charge on any atom is 0.310 e. The molecule has 204 valence electrons. The molecule has 1 aliphatic rings. The molecule has 6 rings (SSSR count). The van der Waals surface area contributed by atoms with Gasteiger partial charge in [0.15, 0.2) is 11.9 Å². The Hall–Kier alpha value is -4.02. The van der Waals surface area contributed by atoms with Crippen molar-refractivity contribution in [3.8, 4) is 0 Å². The van der Waals surface area contributed by atoms with Crippen molar-refractivity contribution in [2.75, 3.05) is 6.61 Å². The zero-order valence-electron chi connectivity index (χ0n) is 21.8. The maximum atomic E-state index is 14.1. The summed E-state index contributed by atoms with van der Waals surface area (Å²) < 4.78 is 41.4. The second kappa shape index (κ2) is 12.4. The summed E-state index contributed by atoms with van der Waals surface area (Å²) in [5, 5.41) is 0. The molecule has 1 unspecified atom stereocenters.